The average molecular weight is 261 g/mol. The van der Waals surface area contributed by atoms with Crippen LogP contribution in [0.3, 0.4) is 0 Å². The highest BCUT2D eigenvalue weighted by atomic mass is 16.4. The fourth-order valence-corrected chi connectivity index (χ4v) is 1.85. The minimum absolute atomic E-state index is 0.161. The molecule has 1 aromatic heterocycles. The molecule has 19 heavy (non-hydrogen) atoms. The minimum atomic E-state index is -0.783. The molecule has 0 bridgehead atoms. The molecule has 0 fully saturated rings. The number of anilines is 1. The Morgan fingerprint density at radius 3 is 2.84 bits per heavy atom. The lowest BCUT2D eigenvalue weighted by Gasteiger charge is -2.14. The van der Waals surface area contributed by atoms with Gasteiger partial charge < -0.3 is 10.4 Å². The molecule has 1 atom stereocenters. The summed E-state index contributed by atoms with van der Waals surface area (Å²) >= 11 is 0. The third kappa shape index (κ3) is 4.59. The summed E-state index contributed by atoms with van der Waals surface area (Å²) < 4.78 is 0. The van der Waals surface area contributed by atoms with Gasteiger partial charge in [0.1, 0.15) is 11.9 Å². The van der Waals surface area contributed by atoms with Gasteiger partial charge in [-0.05, 0) is 37.8 Å². The van der Waals surface area contributed by atoms with Crippen molar-refractivity contribution in [3.63, 3.8) is 0 Å². The van der Waals surface area contributed by atoms with Crippen molar-refractivity contribution in [3.05, 3.63) is 22.9 Å². The van der Waals surface area contributed by atoms with E-state index in [0.29, 0.717) is 24.3 Å². The molecule has 0 amide bonds. The molecule has 1 unspecified atom stereocenters. The number of nitriles is 1. The largest absolute Gasteiger partial charge is 0.481 e. The maximum Gasteiger partial charge on any atom is 0.303 e. The zero-order valence-electron chi connectivity index (χ0n) is 11.5. The number of aliphatic carboxylic acids is 1. The van der Waals surface area contributed by atoms with Gasteiger partial charge >= 0.3 is 5.97 Å². The lowest BCUT2D eigenvalue weighted by molar-refractivity contribution is -0.137. The van der Waals surface area contributed by atoms with Crippen LogP contribution in [0.15, 0.2) is 6.07 Å². The van der Waals surface area contributed by atoms with Crippen molar-refractivity contribution in [2.45, 2.75) is 33.6 Å². The van der Waals surface area contributed by atoms with Crippen molar-refractivity contribution in [2.24, 2.45) is 5.92 Å². The molecule has 2 N–H and O–H groups in total. The van der Waals surface area contributed by atoms with Gasteiger partial charge in [-0.25, -0.2) is 4.98 Å². The molecular formula is C14H19N3O2. The number of hydrogen-bond donors (Lipinski definition) is 2. The topological polar surface area (TPSA) is 86.0 Å². The highest BCUT2D eigenvalue weighted by Gasteiger charge is 2.10. The van der Waals surface area contributed by atoms with E-state index in [9.17, 15) is 4.79 Å². The van der Waals surface area contributed by atoms with Crippen LogP contribution in [0.1, 0.15) is 36.6 Å². The summed E-state index contributed by atoms with van der Waals surface area (Å²) in [7, 11) is 0. The van der Waals surface area contributed by atoms with E-state index in [1.54, 1.807) is 0 Å². The minimum Gasteiger partial charge on any atom is -0.481 e. The predicted molar refractivity (Wildman–Crippen MR) is 72.9 cm³/mol. The lowest BCUT2D eigenvalue weighted by Crippen LogP contribution is -2.15. The third-order valence-corrected chi connectivity index (χ3v) is 2.93. The second-order valence-corrected chi connectivity index (χ2v) is 4.83. The van der Waals surface area contributed by atoms with Crippen LogP contribution < -0.4 is 5.32 Å². The van der Waals surface area contributed by atoms with Crippen LogP contribution in [0.2, 0.25) is 0 Å². The van der Waals surface area contributed by atoms with Gasteiger partial charge in [-0.3, -0.25) is 4.79 Å². The Labute approximate surface area is 113 Å². The second kappa shape index (κ2) is 6.74. The molecule has 102 valence electrons. The van der Waals surface area contributed by atoms with Gasteiger partial charge in [-0.1, -0.05) is 6.92 Å². The van der Waals surface area contributed by atoms with E-state index in [4.69, 9.17) is 10.4 Å². The molecule has 0 saturated heterocycles. The molecule has 0 spiro atoms. The summed E-state index contributed by atoms with van der Waals surface area (Å²) in [5, 5.41) is 20.9. The van der Waals surface area contributed by atoms with Gasteiger partial charge in [0.05, 0.1) is 5.56 Å². The summed E-state index contributed by atoms with van der Waals surface area (Å²) in [5.74, 6) is 0.0153. The molecule has 1 heterocycles. The summed E-state index contributed by atoms with van der Waals surface area (Å²) in [6.07, 6.45) is 0.767. The van der Waals surface area contributed by atoms with Crippen LogP contribution in [-0.4, -0.2) is 22.6 Å². The number of aromatic nitrogens is 1. The fourth-order valence-electron chi connectivity index (χ4n) is 1.85. The van der Waals surface area contributed by atoms with Crippen molar-refractivity contribution >= 4 is 11.8 Å². The Balaban J connectivity index is 2.67. The molecule has 1 rings (SSSR count). The quantitative estimate of drug-likeness (QED) is 0.821. The van der Waals surface area contributed by atoms with Crippen molar-refractivity contribution in [2.75, 3.05) is 11.9 Å². The van der Waals surface area contributed by atoms with Crippen molar-refractivity contribution in [3.8, 4) is 6.07 Å². The van der Waals surface area contributed by atoms with Crippen LogP contribution in [0.4, 0.5) is 5.82 Å². The first-order valence-corrected chi connectivity index (χ1v) is 6.28. The summed E-state index contributed by atoms with van der Waals surface area (Å²) in [4.78, 5) is 14.8. The maximum absolute atomic E-state index is 10.5. The van der Waals surface area contributed by atoms with Gasteiger partial charge in [-0.2, -0.15) is 5.26 Å². The second-order valence-electron chi connectivity index (χ2n) is 4.83. The molecule has 0 aliphatic rings. The number of nitrogens with zero attached hydrogens (tertiary/aromatic N) is 2. The van der Waals surface area contributed by atoms with Crippen LogP contribution >= 0.6 is 0 Å². The van der Waals surface area contributed by atoms with Crippen molar-refractivity contribution in [1.82, 2.24) is 4.98 Å². The van der Waals surface area contributed by atoms with Gasteiger partial charge in [0.15, 0.2) is 0 Å². The number of pyridine rings is 1. The van der Waals surface area contributed by atoms with E-state index in [-0.39, 0.29) is 12.3 Å². The SMILES string of the molecule is Cc1cc(C)c(C#N)c(NCC(C)CCC(=O)O)n1. The number of carbonyl (C=O) groups is 1. The third-order valence-electron chi connectivity index (χ3n) is 2.93. The molecule has 0 aliphatic carbocycles. The first kappa shape index (κ1) is 15.0. The molecule has 0 aromatic carbocycles. The van der Waals surface area contributed by atoms with Crippen molar-refractivity contribution in [1.29, 1.82) is 5.26 Å². The van der Waals surface area contributed by atoms with Crippen molar-refractivity contribution < 1.29 is 9.90 Å². The molecular weight excluding hydrogens is 242 g/mol. The summed E-state index contributed by atoms with van der Waals surface area (Å²) in [5.41, 5.74) is 2.31. The monoisotopic (exact) mass is 261 g/mol. The molecule has 0 saturated carbocycles. The average Bonchev–Trinajstić information content (AvgIpc) is 2.33. The van der Waals surface area contributed by atoms with Gasteiger partial charge in [-0.15, -0.1) is 0 Å². The van der Waals surface area contributed by atoms with Gasteiger partial charge in [0.25, 0.3) is 0 Å². The number of carboxylic acids is 1. The smallest absolute Gasteiger partial charge is 0.303 e. The van der Waals surface area contributed by atoms with E-state index in [1.807, 2.05) is 26.8 Å². The molecule has 0 aliphatic heterocycles. The first-order valence-electron chi connectivity index (χ1n) is 6.28. The van der Waals surface area contributed by atoms with Crippen LogP contribution in [-0.2, 0) is 4.79 Å². The fraction of sp³-hybridized carbons (Fsp3) is 0.500. The van der Waals surface area contributed by atoms with Crippen LogP contribution in [0, 0.1) is 31.1 Å². The van der Waals surface area contributed by atoms with Crippen LogP contribution in [0.25, 0.3) is 0 Å². The predicted octanol–water partition coefficient (Wildman–Crippen LogP) is 2.48. The Bertz CT molecular complexity index is 506. The van der Waals surface area contributed by atoms with Gasteiger partial charge in [0.2, 0.25) is 0 Å². The maximum atomic E-state index is 10.5. The Hall–Kier alpha value is -2.09. The zero-order valence-corrected chi connectivity index (χ0v) is 11.5. The number of hydrogen-bond acceptors (Lipinski definition) is 4. The zero-order chi connectivity index (χ0) is 14.4. The Morgan fingerprint density at radius 1 is 1.58 bits per heavy atom. The molecule has 5 nitrogen and oxygen atoms in total. The van der Waals surface area contributed by atoms with E-state index >= 15 is 0 Å². The van der Waals surface area contributed by atoms with E-state index in [2.05, 4.69) is 16.4 Å². The van der Waals surface area contributed by atoms with Crippen LogP contribution in [0.5, 0.6) is 0 Å². The normalized spacial score (nSPS) is 11.7. The van der Waals surface area contributed by atoms with E-state index in [0.717, 1.165) is 11.3 Å². The molecule has 1 aromatic rings. The van der Waals surface area contributed by atoms with E-state index < -0.39 is 5.97 Å². The lowest BCUT2D eigenvalue weighted by atomic mass is 10.1. The number of nitrogens with one attached hydrogen (secondary N) is 1. The Morgan fingerprint density at radius 2 is 2.26 bits per heavy atom. The van der Waals surface area contributed by atoms with E-state index in [1.165, 1.54) is 0 Å². The standard InChI is InChI=1S/C14H19N3O2/c1-9(4-5-13(18)19)8-16-14-12(7-15)10(2)6-11(3)17-14/h6,9H,4-5,8H2,1-3H3,(H,16,17)(H,18,19). The number of carboxylic acid groups (broad SMARTS) is 1. The number of aryl methyl sites for hydroxylation is 2. The Kier molecular flexibility index (Phi) is 5.31. The first-order chi connectivity index (χ1) is 8.93. The molecule has 5 heteroatoms. The number of rotatable bonds is 6. The highest BCUT2D eigenvalue weighted by Crippen LogP contribution is 2.18. The summed E-state index contributed by atoms with van der Waals surface area (Å²) in [6, 6.07) is 4.02. The van der Waals surface area contributed by atoms with Gasteiger partial charge in [0, 0.05) is 18.7 Å². The highest BCUT2D eigenvalue weighted by molar-refractivity contribution is 5.66. The summed E-state index contributed by atoms with van der Waals surface area (Å²) in [6.45, 7) is 6.35. The molecule has 0 radical (unpaired) electrons.